The zero-order valence-corrected chi connectivity index (χ0v) is 9.74. The van der Waals surface area contributed by atoms with E-state index in [0.717, 1.165) is 6.20 Å². The van der Waals surface area contributed by atoms with Crippen molar-refractivity contribution in [2.75, 3.05) is 0 Å². The lowest BCUT2D eigenvalue weighted by molar-refractivity contribution is -0.140. The van der Waals surface area contributed by atoms with Gasteiger partial charge in [0.05, 0.1) is 11.8 Å². The molecular weight excluding hydrogens is 256 g/mol. The van der Waals surface area contributed by atoms with Crippen molar-refractivity contribution in [2.45, 2.75) is 18.9 Å². The van der Waals surface area contributed by atoms with Gasteiger partial charge in [0.1, 0.15) is 11.8 Å². The minimum atomic E-state index is -1.34. The third-order valence-electron chi connectivity index (χ3n) is 2.29. The van der Waals surface area contributed by atoms with Crippen molar-refractivity contribution in [1.29, 1.82) is 0 Å². The number of amides is 1. The molecule has 1 aromatic heterocycles. The molecule has 1 aromatic rings. The number of carboxylic acids is 2. The van der Waals surface area contributed by atoms with Gasteiger partial charge in [0.2, 0.25) is 0 Å². The summed E-state index contributed by atoms with van der Waals surface area (Å²) in [6.07, 6.45) is 1.67. The number of nitrogens with zero attached hydrogens (tertiary/aromatic N) is 1. The molecular formula is C11H12N2O6. The van der Waals surface area contributed by atoms with E-state index in [9.17, 15) is 19.5 Å². The number of rotatable bonds is 6. The van der Waals surface area contributed by atoms with Crippen molar-refractivity contribution in [2.24, 2.45) is 0 Å². The first-order valence-electron chi connectivity index (χ1n) is 5.30. The van der Waals surface area contributed by atoms with Crippen molar-refractivity contribution in [3.8, 4) is 5.75 Å². The first-order chi connectivity index (χ1) is 8.91. The second kappa shape index (κ2) is 6.34. The maximum Gasteiger partial charge on any atom is 0.326 e. The Morgan fingerprint density at radius 3 is 2.53 bits per heavy atom. The fourth-order valence-corrected chi connectivity index (χ4v) is 1.34. The molecule has 0 aliphatic heterocycles. The van der Waals surface area contributed by atoms with Gasteiger partial charge in [0, 0.05) is 12.6 Å². The van der Waals surface area contributed by atoms with Crippen LogP contribution in [-0.4, -0.2) is 44.2 Å². The summed E-state index contributed by atoms with van der Waals surface area (Å²) in [5.74, 6) is -3.70. The summed E-state index contributed by atoms with van der Waals surface area (Å²) in [6, 6.07) is -0.114. The number of carbonyl (C=O) groups excluding carboxylic acids is 1. The molecule has 0 saturated carbocycles. The highest BCUT2D eigenvalue weighted by Crippen LogP contribution is 2.14. The Labute approximate surface area is 107 Å². The number of aliphatic carboxylic acids is 2. The number of hydrogen-bond acceptors (Lipinski definition) is 5. The van der Waals surface area contributed by atoms with E-state index < -0.39 is 23.9 Å². The molecule has 8 heteroatoms. The fraction of sp³-hybridized carbons (Fsp3) is 0.273. The third kappa shape index (κ3) is 4.26. The number of aromatic nitrogens is 1. The zero-order valence-electron chi connectivity index (χ0n) is 9.74. The van der Waals surface area contributed by atoms with Crippen LogP contribution in [0.2, 0.25) is 0 Å². The minimum Gasteiger partial charge on any atom is -0.505 e. The largest absolute Gasteiger partial charge is 0.505 e. The molecule has 1 rings (SSSR count). The average Bonchev–Trinajstić information content (AvgIpc) is 2.34. The van der Waals surface area contributed by atoms with Gasteiger partial charge in [0.15, 0.2) is 0 Å². The summed E-state index contributed by atoms with van der Waals surface area (Å²) in [5, 5.41) is 28.9. The fourth-order valence-electron chi connectivity index (χ4n) is 1.34. The SMILES string of the molecule is O=C(O)CCC(NC(=O)c1ccncc1O)C(=O)O. The van der Waals surface area contributed by atoms with E-state index in [2.05, 4.69) is 10.3 Å². The Balaban J connectivity index is 2.74. The second-order valence-electron chi connectivity index (χ2n) is 3.69. The molecule has 8 nitrogen and oxygen atoms in total. The summed E-state index contributed by atoms with van der Waals surface area (Å²) >= 11 is 0. The van der Waals surface area contributed by atoms with Crippen molar-refractivity contribution < 1.29 is 29.7 Å². The molecule has 0 aliphatic rings. The molecule has 4 N–H and O–H groups in total. The number of nitrogens with one attached hydrogen (secondary N) is 1. The quantitative estimate of drug-likeness (QED) is 0.562. The number of carbonyl (C=O) groups is 3. The summed E-state index contributed by atoms with van der Waals surface area (Å²) < 4.78 is 0. The van der Waals surface area contributed by atoms with Crippen LogP contribution in [0.25, 0.3) is 0 Å². The van der Waals surface area contributed by atoms with Crippen LogP contribution in [0.4, 0.5) is 0 Å². The molecule has 1 heterocycles. The predicted molar refractivity (Wildman–Crippen MR) is 61.7 cm³/mol. The van der Waals surface area contributed by atoms with Gasteiger partial charge >= 0.3 is 11.9 Å². The van der Waals surface area contributed by atoms with E-state index in [0.29, 0.717) is 0 Å². The molecule has 0 fully saturated rings. The van der Waals surface area contributed by atoms with Crippen LogP contribution in [-0.2, 0) is 9.59 Å². The molecule has 0 aliphatic carbocycles. The van der Waals surface area contributed by atoms with E-state index in [-0.39, 0.29) is 24.2 Å². The molecule has 1 unspecified atom stereocenters. The van der Waals surface area contributed by atoms with E-state index in [1.54, 1.807) is 0 Å². The molecule has 0 radical (unpaired) electrons. The third-order valence-corrected chi connectivity index (χ3v) is 2.29. The molecule has 102 valence electrons. The van der Waals surface area contributed by atoms with Crippen LogP contribution >= 0.6 is 0 Å². The number of aromatic hydroxyl groups is 1. The van der Waals surface area contributed by atoms with Gasteiger partial charge in [-0.2, -0.15) is 0 Å². The lowest BCUT2D eigenvalue weighted by Crippen LogP contribution is -2.41. The van der Waals surface area contributed by atoms with Crippen LogP contribution in [0.15, 0.2) is 18.5 Å². The van der Waals surface area contributed by atoms with Crippen LogP contribution in [0, 0.1) is 0 Å². The lowest BCUT2D eigenvalue weighted by atomic mass is 10.1. The summed E-state index contributed by atoms with van der Waals surface area (Å²) in [5.41, 5.74) is -0.128. The van der Waals surface area contributed by atoms with Crippen molar-refractivity contribution >= 4 is 17.8 Å². The Morgan fingerprint density at radius 1 is 1.32 bits per heavy atom. The molecule has 0 saturated heterocycles. The topological polar surface area (TPSA) is 137 Å². The van der Waals surface area contributed by atoms with Crippen LogP contribution in [0.3, 0.4) is 0 Å². The van der Waals surface area contributed by atoms with Gasteiger partial charge in [-0.05, 0) is 12.5 Å². The highest BCUT2D eigenvalue weighted by atomic mass is 16.4. The predicted octanol–water partition coefficient (Wildman–Crippen LogP) is -0.165. The first-order valence-corrected chi connectivity index (χ1v) is 5.30. The van der Waals surface area contributed by atoms with Crippen LogP contribution < -0.4 is 5.32 Å². The normalized spacial score (nSPS) is 11.6. The number of hydrogen-bond donors (Lipinski definition) is 4. The Bertz CT molecular complexity index is 502. The van der Waals surface area contributed by atoms with E-state index in [1.807, 2.05) is 0 Å². The highest BCUT2D eigenvalue weighted by Gasteiger charge is 2.22. The van der Waals surface area contributed by atoms with Gasteiger partial charge in [-0.1, -0.05) is 0 Å². The Kier molecular flexibility index (Phi) is 4.81. The highest BCUT2D eigenvalue weighted by molar-refractivity contribution is 5.98. The minimum absolute atomic E-state index is 0.128. The second-order valence-corrected chi connectivity index (χ2v) is 3.69. The van der Waals surface area contributed by atoms with Gasteiger partial charge in [0.25, 0.3) is 5.91 Å². The molecule has 0 bridgehead atoms. The lowest BCUT2D eigenvalue weighted by Gasteiger charge is -2.13. The van der Waals surface area contributed by atoms with Gasteiger partial charge in [-0.3, -0.25) is 14.6 Å². The monoisotopic (exact) mass is 268 g/mol. The molecule has 0 spiro atoms. The van der Waals surface area contributed by atoms with E-state index >= 15 is 0 Å². The van der Waals surface area contributed by atoms with Gasteiger partial charge in [-0.25, -0.2) is 4.79 Å². The summed E-state index contributed by atoms with van der Waals surface area (Å²) in [4.78, 5) is 36.6. The van der Waals surface area contributed by atoms with Gasteiger partial charge < -0.3 is 20.6 Å². The molecule has 19 heavy (non-hydrogen) atoms. The van der Waals surface area contributed by atoms with Crippen molar-refractivity contribution in [1.82, 2.24) is 10.3 Å². The zero-order chi connectivity index (χ0) is 14.4. The maximum absolute atomic E-state index is 11.7. The van der Waals surface area contributed by atoms with E-state index in [1.165, 1.54) is 12.3 Å². The van der Waals surface area contributed by atoms with Crippen molar-refractivity contribution in [3.63, 3.8) is 0 Å². The average molecular weight is 268 g/mol. The maximum atomic E-state index is 11.7. The van der Waals surface area contributed by atoms with Crippen molar-refractivity contribution in [3.05, 3.63) is 24.0 Å². The van der Waals surface area contributed by atoms with Gasteiger partial charge in [-0.15, -0.1) is 0 Å². The summed E-state index contributed by atoms with van der Waals surface area (Å²) in [6.45, 7) is 0. The van der Waals surface area contributed by atoms with Crippen LogP contribution in [0.5, 0.6) is 5.75 Å². The molecule has 0 aromatic carbocycles. The molecule has 1 atom stereocenters. The van der Waals surface area contributed by atoms with Crippen LogP contribution in [0.1, 0.15) is 23.2 Å². The first kappa shape index (κ1) is 14.4. The Hall–Kier alpha value is -2.64. The number of pyridine rings is 1. The molecule has 1 amide bonds. The summed E-state index contributed by atoms with van der Waals surface area (Å²) in [7, 11) is 0. The number of carboxylic acid groups (broad SMARTS) is 2. The smallest absolute Gasteiger partial charge is 0.326 e. The standard InChI is InChI=1S/C11H12N2O6/c14-8-5-12-4-3-6(8)10(17)13-7(11(18)19)1-2-9(15)16/h3-5,7,14H,1-2H2,(H,13,17)(H,15,16)(H,18,19). The van der Waals surface area contributed by atoms with E-state index in [4.69, 9.17) is 10.2 Å². The Morgan fingerprint density at radius 2 is 2.00 bits per heavy atom.